The molecule has 0 spiro atoms. The molecule has 2 aromatic heterocycles. The van der Waals surface area contributed by atoms with Crippen LogP contribution >= 0.6 is 0 Å². The predicted octanol–water partition coefficient (Wildman–Crippen LogP) is 12.7. The number of aromatic nitrogens is 2. The average Bonchev–Trinajstić information content (AvgIpc) is 3.68. The van der Waals surface area contributed by atoms with Crippen molar-refractivity contribution >= 4 is 60.7 Å². The highest BCUT2D eigenvalue weighted by Gasteiger charge is 2.17. The Hall–Kier alpha value is -6.06. The van der Waals surface area contributed by atoms with Crippen molar-refractivity contribution < 1.29 is 0 Å². The van der Waals surface area contributed by atoms with E-state index >= 15 is 0 Å². The second kappa shape index (κ2) is 12.2. The summed E-state index contributed by atoms with van der Waals surface area (Å²) in [5.74, 6) is 0. The second-order valence-electron chi connectivity index (χ2n) is 12.9. The third-order valence-electron chi connectivity index (χ3n) is 9.91. The van der Waals surface area contributed by atoms with Crippen LogP contribution in [0.5, 0.6) is 0 Å². The lowest BCUT2D eigenvalue weighted by Crippen LogP contribution is -2.10. The molecule has 49 heavy (non-hydrogen) atoms. The summed E-state index contributed by atoms with van der Waals surface area (Å²) in [4.78, 5) is 2.37. The van der Waals surface area contributed by atoms with Gasteiger partial charge in [-0.1, -0.05) is 98.3 Å². The van der Waals surface area contributed by atoms with Crippen molar-refractivity contribution in [3.05, 3.63) is 175 Å². The molecule has 0 aliphatic heterocycles. The molecule has 0 radical (unpaired) electrons. The molecular weight excluding hydrogens is 595 g/mol. The zero-order valence-electron chi connectivity index (χ0n) is 27.6. The first-order chi connectivity index (χ1) is 24.3. The Kier molecular flexibility index (Phi) is 7.24. The fourth-order valence-electron chi connectivity index (χ4n) is 7.54. The van der Waals surface area contributed by atoms with Crippen LogP contribution in [0.15, 0.2) is 170 Å². The summed E-state index contributed by atoms with van der Waals surface area (Å²) in [6, 6.07) is 61.9. The largest absolute Gasteiger partial charge is 0.311 e. The van der Waals surface area contributed by atoms with Gasteiger partial charge >= 0.3 is 0 Å². The van der Waals surface area contributed by atoms with E-state index in [4.69, 9.17) is 0 Å². The van der Waals surface area contributed by atoms with Crippen molar-refractivity contribution in [3.8, 4) is 11.4 Å². The SMILES string of the molecule is CCCCc1ccc(N(c2ccc(-n3c4ccccc4c4ccccc43)cc2)c2ccc(-n3c4ccccc4c4ccccc43)cc2)cc1. The molecule has 9 aromatic rings. The zero-order valence-corrected chi connectivity index (χ0v) is 27.6. The average molecular weight is 632 g/mol. The fourth-order valence-corrected chi connectivity index (χ4v) is 7.54. The number of hydrogen-bond acceptors (Lipinski definition) is 1. The van der Waals surface area contributed by atoms with Crippen LogP contribution in [0.2, 0.25) is 0 Å². The number of nitrogens with zero attached hydrogens (tertiary/aromatic N) is 3. The molecule has 236 valence electrons. The van der Waals surface area contributed by atoms with Gasteiger partial charge < -0.3 is 14.0 Å². The highest BCUT2D eigenvalue weighted by Crippen LogP contribution is 2.38. The number of fused-ring (bicyclic) bond motifs is 6. The molecule has 0 aliphatic rings. The lowest BCUT2D eigenvalue weighted by atomic mass is 10.1. The van der Waals surface area contributed by atoms with Crippen LogP contribution in [-0.4, -0.2) is 9.13 Å². The van der Waals surface area contributed by atoms with Crippen LogP contribution in [-0.2, 0) is 6.42 Å². The molecule has 0 aliphatic carbocycles. The smallest absolute Gasteiger partial charge is 0.0541 e. The van der Waals surface area contributed by atoms with Gasteiger partial charge in [0.1, 0.15) is 0 Å². The molecule has 0 bridgehead atoms. The maximum Gasteiger partial charge on any atom is 0.0541 e. The molecule has 3 nitrogen and oxygen atoms in total. The lowest BCUT2D eigenvalue weighted by molar-refractivity contribution is 0.795. The van der Waals surface area contributed by atoms with E-state index in [9.17, 15) is 0 Å². The highest BCUT2D eigenvalue weighted by molar-refractivity contribution is 6.10. The topological polar surface area (TPSA) is 13.1 Å². The molecule has 0 amide bonds. The van der Waals surface area contributed by atoms with E-state index in [1.807, 2.05) is 0 Å². The normalized spacial score (nSPS) is 11.6. The fraction of sp³-hybridized carbons (Fsp3) is 0.0870. The van der Waals surface area contributed by atoms with Gasteiger partial charge in [-0.25, -0.2) is 0 Å². The van der Waals surface area contributed by atoms with Crippen molar-refractivity contribution in [1.29, 1.82) is 0 Å². The number of hydrogen-bond donors (Lipinski definition) is 0. The molecule has 3 heteroatoms. The van der Waals surface area contributed by atoms with Gasteiger partial charge in [-0.15, -0.1) is 0 Å². The Morgan fingerprint density at radius 1 is 0.388 bits per heavy atom. The summed E-state index contributed by atoms with van der Waals surface area (Å²) in [5.41, 5.74) is 12.0. The Labute approximate surface area is 286 Å². The Bertz CT molecular complexity index is 2310. The number of aryl methyl sites for hydroxylation is 1. The Balaban J connectivity index is 1.14. The monoisotopic (exact) mass is 631 g/mol. The number of para-hydroxylation sites is 4. The molecular formula is C46H37N3. The van der Waals surface area contributed by atoms with Crippen molar-refractivity contribution in [2.24, 2.45) is 0 Å². The Morgan fingerprint density at radius 3 is 1.06 bits per heavy atom. The van der Waals surface area contributed by atoms with Gasteiger partial charge in [-0.05, 0) is 103 Å². The summed E-state index contributed by atoms with van der Waals surface area (Å²) in [7, 11) is 0. The number of anilines is 3. The third-order valence-corrected chi connectivity index (χ3v) is 9.91. The van der Waals surface area contributed by atoms with Gasteiger partial charge in [0.2, 0.25) is 0 Å². The Morgan fingerprint density at radius 2 is 0.714 bits per heavy atom. The van der Waals surface area contributed by atoms with Crippen LogP contribution in [0.25, 0.3) is 55.0 Å². The van der Waals surface area contributed by atoms with Gasteiger partial charge in [0.15, 0.2) is 0 Å². The number of benzene rings is 7. The van der Waals surface area contributed by atoms with Crippen molar-refractivity contribution in [1.82, 2.24) is 9.13 Å². The van der Waals surface area contributed by atoms with Gasteiger partial charge in [0, 0.05) is 50.0 Å². The number of unbranched alkanes of at least 4 members (excludes halogenated alkanes) is 1. The van der Waals surface area contributed by atoms with Gasteiger partial charge in [-0.3, -0.25) is 0 Å². The minimum absolute atomic E-state index is 1.11. The maximum absolute atomic E-state index is 2.38. The lowest BCUT2D eigenvalue weighted by Gasteiger charge is -2.26. The zero-order chi connectivity index (χ0) is 32.7. The molecule has 0 saturated heterocycles. The summed E-state index contributed by atoms with van der Waals surface area (Å²) >= 11 is 0. The van der Waals surface area contributed by atoms with E-state index in [1.54, 1.807) is 0 Å². The van der Waals surface area contributed by atoms with Gasteiger partial charge in [0.05, 0.1) is 22.1 Å². The maximum atomic E-state index is 2.38. The minimum atomic E-state index is 1.11. The highest BCUT2D eigenvalue weighted by atomic mass is 15.1. The summed E-state index contributed by atoms with van der Waals surface area (Å²) in [6.07, 6.45) is 3.51. The van der Waals surface area contributed by atoms with E-state index < -0.39 is 0 Å². The van der Waals surface area contributed by atoms with E-state index in [1.165, 1.54) is 62.0 Å². The van der Waals surface area contributed by atoms with Crippen molar-refractivity contribution in [2.45, 2.75) is 26.2 Å². The summed E-state index contributed by atoms with van der Waals surface area (Å²) in [6.45, 7) is 2.25. The minimum Gasteiger partial charge on any atom is -0.311 e. The van der Waals surface area contributed by atoms with Crippen LogP contribution in [0.1, 0.15) is 25.3 Å². The van der Waals surface area contributed by atoms with E-state index in [2.05, 4.69) is 191 Å². The van der Waals surface area contributed by atoms with E-state index in [0.29, 0.717) is 0 Å². The third kappa shape index (κ3) is 4.98. The van der Waals surface area contributed by atoms with Crippen molar-refractivity contribution in [3.63, 3.8) is 0 Å². The van der Waals surface area contributed by atoms with Gasteiger partial charge in [0.25, 0.3) is 0 Å². The van der Waals surface area contributed by atoms with Crippen LogP contribution in [0.3, 0.4) is 0 Å². The van der Waals surface area contributed by atoms with Gasteiger partial charge in [-0.2, -0.15) is 0 Å². The van der Waals surface area contributed by atoms with Crippen LogP contribution < -0.4 is 4.90 Å². The van der Waals surface area contributed by atoms with Crippen LogP contribution in [0, 0.1) is 0 Å². The summed E-state index contributed by atoms with van der Waals surface area (Å²) in [5, 5.41) is 5.09. The molecule has 0 N–H and O–H groups in total. The molecule has 9 rings (SSSR count). The quantitative estimate of drug-likeness (QED) is 0.163. The van der Waals surface area contributed by atoms with E-state index in [-0.39, 0.29) is 0 Å². The molecule has 0 saturated carbocycles. The first-order valence-corrected chi connectivity index (χ1v) is 17.3. The number of rotatable bonds is 8. The van der Waals surface area contributed by atoms with Crippen LogP contribution in [0.4, 0.5) is 17.1 Å². The first-order valence-electron chi connectivity index (χ1n) is 17.3. The first kappa shape index (κ1) is 29.1. The molecule has 2 heterocycles. The standard InChI is InChI=1S/C46H37N3/c1-2-3-12-33-21-23-34(24-22-33)47(35-25-29-37(30-26-35)48-43-17-8-4-13-39(43)40-14-5-9-18-44(40)48)36-27-31-38(32-28-36)49-45-19-10-6-15-41(45)42-16-7-11-20-46(42)49/h4-11,13-32H,2-3,12H2,1H3. The molecule has 0 unspecified atom stereocenters. The summed E-state index contributed by atoms with van der Waals surface area (Å²) < 4.78 is 4.75. The van der Waals surface area contributed by atoms with Crippen molar-refractivity contribution in [2.75, 3.05) is 4.90 Å². The second-order valence-corrected chi connectivity index (χ2v) is 12.9. The van der Waals surface area contributed by atoms with E-state index in [0.717, 1.165) is 34.9 Å². The molecule has 0 atom stereocenters. The molecule has 0 fully saturated rings. The molecule has 7 aromatic carbocycles. The predicted molar refractivity (Wildman–Crippen MR) is 208 cm³/mol.